The Morgan fingerprint density at radius 2 is 2.31 bits per heavy atom. The number of carbonyl (C=O) groups excluding carboxylic acids is 2. The first-order valence-corrected chi connectivity index (χ1v) is 4.13. The number of unbranched alkanes of at least 4 members (excludes halogenated alkanes) is 1. The van der Waals surface area contributed by atoms with Gasteiger partial charge in [0.05, 0.1) is 18.4 Å². The molecule has 0 fully saturated rings. The van der Waals surface area contributed by atoms with Gasteiger partial charge in [0.1, 0.15) is 0 Å². The standard InChI is InChI=1S/C9H13NO3/c1-3-4-5-13-9(12)8(2)6-10-7-11/h6H,3-5H2,1-2H3/b8-6+. The predicted octanol–water partition coefficient (Wildman–Crippen LogP) is 1.57. The van der Waals surface area contributed by atoms with Gasteiger partial charge < -0.3 is 4.74 Å². The third-order valence-electron chi connectivity index (χ3n) is 1.36. The molecule has 0 aliphatic carbocycles. The van der Waals surface area contributed by atoms with Crippen LogP contribution in [0.2, 0.25) is 0 Å². The molecule has 0 aromatic rings. The van der Waals surface area contributed by atoms with Crippen LogP contribution >= 0.6 is 0 Å². The van der Waals surface area contributed by atoms with Crippen LogP contribution in [0, 0.1) is 0 Å². The maximum atomic E-state index is 11.0. The number of rotatable bonds is 5. The zero-order valence-electron chi connectivity index (χ0n) is 7.87. The van der Waals surface area contributed by atoms with E-state index in [1.807, 2.05) is 6.92 Å². The molecule has 0 aromatic heterocycles. The summed E-state index contributed by atoms with van der Waals surface area (Å²) in [5.74, 6) is -0.438. The van der Waals surface area contributed by atoms with Gasteiger partial charge in [0, 0.05) is 0 Å². The third-order valence-corrected chi connectivity index (χ3v) is 1.36. The Labute approximate surface area is 77.3 Å². The zero-order chi connectivity index (χ0) is 10.1. The Morgan fingerprint density at radius 1 is 1.62 bits per heavy atom. The average molecular weight is 183 g/mol. The fourth-order valence-corrected chi connectivity index (χ4v) is 0.599. The number of isocyanates is 1. The van der Waals surface area contributed by atoms with Crippen LogP contribution in [0.25, 0.3) is 0 Å². The molecule has 0 aliphatic rings. The Bertz CT molecular complexity index is 239. The van der Waals surface area contributed by atoms with Gasteiger partial charge in [0.2, 0.25) is 6.08 Å². The number of carbonyl (C=O) groups is 1. The Morgan fingerprint density at radius 3 is 2.85 bits per heavy atom. The number of esters is 1. The van der Waals surface area contributed by atoms with E-state index in [1.54, 1.807) is 0 Å². The van der Waals surface area contributed by atoms with Gasteiger partial charge in [-0.25, -0.2) is 9.59 Å². The molecule has 4 nitrogen and oxygen atoms in total. The van der Waals surface area contributed by atoms with Crippen LogP contribution in [0.4, 0.5) is 0 Å². The smallest absolute Gasteiger partial charge is 0.335 e. The minimum absolute atomic E-state index is 0.305. The van der Waals surface area contributed by atoms with Crippen molar-refractivity contribution >= 4 is 12.0 Å². The Hall–Kier alpha value is -1.41. The molecule has 4 heteroatoms. The number of aliphatic imine (C=N–C) groups is 1. The summed E-state index contributed by atoms with van der Waals surface area (Å²) in [5, 5.41) is 0. The Kier molecular flexibility index (Phi) is 6.46. The molecule has 0 N–H and O–H groups in total. The highest BCUT2D eigenvalue weighted by molar-refractivity contribution is 5.87. The first kappa shape index (κ1) is 11.6. The molecule has 0 aliphatic heterocycles. The molecule has 0 saturated heterocycles. The fraction of sp³-hybridized carbons (Fsp3) is 0.556. The second-order valence-electron chi connectivity index (χ2n) is 2.52. The molecular weight excluding hydrogens is 170 g/mol. The summed E-state index contributed by atoms with van der Waals surface area (Å²) in [6, 6.07) is 0. The summed E-state index contributed by atoms with van der Waals surface area (Å²) in [4.78, 5) is 23.9. The molecule has 0 heterocycles. The first-order chi connectivity index (χ1) is 6.22. The summed E-state index contributed by atoms with van der Waals surface area (Å²) in [5.41, 5.74) is 0.305. The Balaban J connectivity index is 3.89. The number of ether oxygens (including phenoxy) is 1. The largest absolute Gasteiger partial charge is 0.462 e. The molecule has 0 amide bonds. The van der Waals surface area contributed by atoms with Crippen molar-refractivity contribution in [1.82, 2.24) is 0 Å². The molecule has 0 bridgehead atoms. The van der Waals surface area contributed by atoms with E-state index in [0.717, 1.165) is 19.0 Å². The fourth-order valence-electron chi connectivity index (χ4n) is 0.599. The predicted molar refractivity (Wildman–Crippen MR) is 47.7 cm³/mol. The van der Waals surface area contributed by atoms with Crippen molar-refractivity contribution in [2.24, 2.45) is 4.99 Å². The summed E-state index contributed by atoms with van der Waals surface area (Å²) in [6.07, 6.45) is 4.27. The second-order valence-corrected chi connectivity index (χ2v) is 2.52. The van der Waals surface area contributed by atoms with Crippen molar-refractivity contribution in [2.75, 3.05) is 6.61 Å². The van der Waals surface area contributed by atoms with Gasteiger partial charge in [-0.15, -0.1) is 0 Å². The van der Waals surface area contributed by atoms with Gasteiger partial charge in [-0.1, -0.05) is 13.3 Å². The van der Waals surface area contributed by atoms with E-state index in [2.05, 4.69) is 4.99 Å². The molecule has 13 heavy (non-hydrogen) atoms. The SMILES string of the molecule is CCCCOC(=O)/C(C)=C/N=C=O. The molecule has 0 unspecified atom stereocenters. The van der Waals surface area contributed by atoms with Gasteiger partial charge >= 0.3 is 5.97 Å². The van der Waals surface area contributed by atoms with Crippen molar-refractivity contribution in [3.63, 3.8) is 0 Å². The van der Waals surface area contributed by atoms with E-state index in [0.29, 0.717) is 12.2 Å². The molecule has 0 spiro atoms. The quantitative estimate of drug-likeness (QED) is 0.214. The van der Waals surface area contributed by atoms with Gasteiger partial charge in [0.15, 0.2) is 0 Å². The highest BCUT2D eigenvalue weighted by atomic mass is 16.5. The highest BCUT2D eigenvalue weighted by Crippen LogP contribution is 1.98. The van der Waals surface area contributed by atoms with Crippen LogP contribution in [-0.4, -0.2) is 18.7 Å². The summed E-state index contributed by atoms with van der Waals surface area (Å²) in [7, 11) is 0. The lowest BCUT2D eigenvalue weighted by molar-refractivity contribution is -0.139. The van der Waals surface area contributed by atoms with E-state index in [9.17, 15) is 9.59 Å². The van der Waals surface area contributed by atoms with Crippen LogP contribution < -0.4 is 0 Å². The average Bonchev–Trinajstić information content (AvgIpc) is 2.14. The van der Waals surface area contributed by atoms with E-state index in [-0.39, 0.29) is 0 Å². The number of hydrogen-bond donors (Lipinski definition) is 0. The van der Waals surface area contributed by atoms with Crippen molar-refractivity contribution in [3.8, 4) is 0 Å². The van der Waals surface area contributed by atoms with E-state index in [1.165, 1.54) is 13.0 Å². The first-order valence-electron chi connectivity index (χ1n) is 4.13. The summed E-state index contributed by atoms with van der Waals surface area (Å²) >= 11 is 0. The zero-order valence-corrected chi connectivity index (χ0v) is 7.87. The number of nitrogens with zero attached hydrogens (tertiary/aromatic N) is 1. The van der Waals surface area contributed by atoms with Gasteiger partial charge in [-0.3, -0.25) is 0 Å². The monoisotopic (exact) mass is 183 g/mol. The molecule has 72 valence electrons. The third kappa shape index (κ3) is 5.82. The molecule has 0 atom stereocenters. The minimum Gasteiger partial charge on any atom is -0.462 e. The van der Waals surface area contributed by atoms with Crippen molar-refractivity contribution in [1.29, 1.82) is 0 Å². The van der Waals surface area contributed by atoms with Gasteiger partial charge in [-0.05, 0) is 13.3 Å². The van der Waals surface area contributed by atoms with E-state index >= 15 is 0 Å². The topological polar surface area (TPSA) is 55.7 Å². The maximum Gasteiger partial charge on any atom is 0.335 e. The van der Waals surface area contributed by atoms with Crippen LogP contribution in [0.1, 0.15) is 26.7 Å². The van der Waals surface area contributed by atoms with Crippen LogP contribution in [0.3, 0.4) is 0 Å². The summed E-state index contributed by atoms with van der Waals surface area (Å²) < 4.78 is 4.84. The lowest BCUT2D eigenvalue weighted by atomic mass is 10.3. The second kappa shape index (κ2) is 7.25. The van der Waals surface area contributed by atoms with E-state index < -0.39 is 5.97 Å². The maximum absolute atomic E-state index is 11.0. The summed E-state index contributed by atoms with van der Waals surface area (Å²) in [6.45, 7) is 3.95. The van der Waals surface area contributed by atoms with E-state index in [4.69, 9.17) is 4.74 Å². The molecule has 0 aromatic carbocycles. The minimum atomic E-state index is -0.438. The van der Waals surface area contributed by atoms with Crippen LogP contribution in [-0.2, 0) is 14.3 Å². The van der Waals surface area contributed by atoms with Crippen molar-refractivity contribution in [3.05, 3.63) is 11.8 Å². The lowest BCUT2D eigenvalue weighted by Gasteiger charge is -2.01. The van der Waals surface area contributed by atoms with Crippen LogP contribution in [0.15, 0.2) is 16.8 Å². The van der Waals surface area contributed by atoms with Gasteiger partial charge in [0.25, 0.3) is 0 Å². The molecule has 0 rings (SSSR count). The van der Waals surface area contributed by atoms with Crippen molar-refractivity contribution in [2.45, 2.75) is 26.7 Å². The number of hydrogen-bond acceptors (Lipinski definition) is 4. The molecule has 0 saturated carbocycles. The van der Waals surface area contributed by atoms with Crippen molar-refractivity contribution < 1.29 is 14.3 Å². The van der Waals surface area contributed by atoms with Crippen LogP contribution in [0.5, 0.6) is 0 Å². The molecule has 0 radical (unpaired) electrons. The molecular formula is C9H13NO3. The highest BCUT2D eigenvalue weighted by Gasteiger charge is 2.03. The normalized spacial score (nSPS) is 10.5. The lowest BCUT2D eigenvalue weighted by Crippen LogP contribution is -2.06. The van der Waals surface area contributed by atoms with Gasteiger partial charge in [-0.2, -0.15) is 4.99 Å².